The third-order valence-electron chi connectivity index (χ3n) is 3.66. The molecule has 154 valence electrons. The number of amides is 1. The second-order valence-electron chi connectivity index (χ2n) is 5.76. The molecule has 11 heteroatoms. The Morgan fingerprint density at radius 2 is 1.96 bits per heavy atom. The zero-order chi connectivity index (χ0) is 20.9. The fraction of sp³-hybridized carbons (Fsp3) is 0.353. The van der Waals surface area contributed by atoms with E-state index >= 15 is 0 Å². The molecule has 0 aliphatic carbocycles. The molecule has 0 atom stereocenters. The van der Waals surface area contributed by atoms with Gasteiger partial charge in [0, 0.05) is 25.4 Å². The van der Waals surface area contributed by atoms with E-state index in [0.29, 0.717) is 10.4 Å². The van der Waals surface area contributed by atoms with Crippen molar-refractivity contribution in [3.05, 3.63) is 40.8 Å². The third-order valence-corrected chi connectivity index (χ3v) is 7.02. The summed E-state index contributed by atoms with van der Waals surface area (Å²) in [6.45, 7) is -1.35. The van der Waals surface area contributed by atoms with Crippen LogP contribution in [0.1, 0.15) is 17.4 Å². The lowest BCUT2D eigenvalue weighted by atomic mass is 10.2. The van der Waals surface area contributed by atoms with Crippen molar-refractivity contribution in [1.29, 1.82) is 0 Å². The number of ether oxygens (including phenoxy) is 2. The van der Waals surface area contributed by atoms with Crippen molar-refractivity contribution in [1.82, 2.24) is 9.62 Å². The highest BCUT2D eigenvalue weighted by atomic mass is 32.2. The summed E-state index contributed by atoms with van der Waals surface area (Å²) in [5.74, 6) is -0.256. The number of thiophene rings is 1. The predicted molar refractivity (Wildman–Crippen MR) is 100 cm³/mol. The van der Waals surface area contributed by atoms with Gasteiger partial charge in [0.05, 0.1) is 13.7 Å². The van der Waals surface area contributed by atoms with Crippen LogP contribution in [0.5, 0.6) is 11.5 Å². The van der Waals surface area contributed by atoms with Crippen LogP contribution in [0.3, 0.4) is 0 Å². The fourth-order valence-electron chi connectivity index (χ4n) is 2.30. The maximum atomic E-state index is 12.7. The average Bonchev–Trinajstić information content (AvgIpc) is 3.10. The molecular weight excluding hydrogens is 414 g/mol. The van der Waals surface area contributed by atoms with Crippen LogP contribution in [0, 0.1) is 0 Å². The largest absolute Gasteiger partial charge is 0.493 e. The number of nitrogens with zero attached hydrogens (tertiary/aromatic N) is 1. The van der Waals surface area contributed by atoms with Crippen LogP contribution in [0.4, 0.5) is 8.78 Å². The normalized spacial score (nSPS) is 11.7. The van der Waals surface area contributed by atoms with E-state index in [9.17, 15) is 22.0 Å². The maximum absolute atomic E-state index is 12.7. The number of sulfonamides is 1. The monoisotopic (exact) mass is 434 g/mol. The molecule has 1 N–H and O–H groups in total. The highest BCUT2D eigenvalue weighted by Crippen LogP contribution is 2.31. The molecule has 0 spiro atoms. The number of halogens is 2. The molecule has 1 aromatic heterocycles. The summed E-state index contributed by atoms with van der Waals surface area (Å²) < 4.78 is 61.0. The van der Waals surface area contributed by atoms with E-state index in [2.05, 4.69) is 10.1 Å². The summed E-state index contributed by atoms with van der Waals surface area (Å²) in [5, 5.41) is 2.61. The number of nitrogens with one attached hydrogen (secondary N) is 1. The highest BCUT2D eigenvalue weighted by molar-refractivity contribution is 7.91. The molecule has 2 rings (SSSR count). The van der Waals surface area contributed by atoms with Crippen LogP contribution in [0.15, 0.2) is 34.5 Å². The number of alkyl halides is 2. The number of hydrogen-bond donors (Lipinski definition) is 1. The van der Waals surface area contributed by atoms with Crippen LogP contribution in [-0.4, -0.2) is 39.4 Å². The molecule has 0 radical (unpaired) electrons. The lowest BCUT2D eigenvalue weighted by Gasteiger charge is -2.17. The molecule has 1 heterocycles. The molecule has 0 aliphatic heterocycles. The molecule has 1 aromatic carbocycles. The van der Waals surface area contributed by atoms with Gasteiger partial charge in [0.15, 0.2) is 11.5 Å². The minimum Gasteiger partial charge on any atom is -0.493 e. The summed E-state index contributed by atoms with van der Waals surface area (Å²) in [4.78, 5) is 11.7. The molecule has 0 fully saturated rings. The number of carbonyl (C=O) groups is 1. The molecule has 0 saturated heterocycles. The Kier molecular flexibility index (Phi) is 7.33. The zero-order valence-electron chi connectivity index (χ0n) is 15.4. The number of benzene rings is 1. The summed E-state index contributed by atoms with van der Waals surface area (Å²) in [6, 6.07) is 7.36. The van der Waals surface area contributed by atoms with Crippen LogP contribution in [-0.2, 0) is 27.9 Å². The van der Waals surface area contributed by atoms with Gasteiger partial charge in [0.1, 0.15) is 4.21 Å². The Morgan fingerprint density at radius 3 is 2.57 bits per heavy atom. The molecule has 0 unspecified atom stereocenters. The standard InChI is InChI=1S/C17H20F2N2O5S2/c1-11(22)20-9-13-5-7-16(27-13)28(23,24)21(2)10-12-4-6-14(26-17(18)19)15(8-12)25-3/h4-8,17H,9-10H2,1-3H3,(H,20,22). The van der Waals surface area contributed by atoms with Crippen molar-refractivity contribution in [3.8, 4) is 11.5 Å². The Morgan fingerprint density at radius 1 is 1.25 bits per heavy atom. The van der Waals surface area contributed by atoms with Crippen molar-refractivity contribution in [2.24, 2.45) is 0 Å². The number of hydrogen-bond acceptors (Lipinski definition) is 6. The molecule has 1 amide bonds. The average molecular weight is 434 g/mol. The first-order chi connectivity index (χ1) is 13.1. The topological polar surface area (TPSA) is 84.9 Å². The number of methoxy groups -OCH3 is 1. The molecular formula is C17H20F2N2O5S2. The molecule has 0 aliphatic rings. The van der Waals surface area contributed by atoms with Gasteiger partial charge >= 0.3 is 6.61 Å². The lowest BCUT2D eigenvalue weighted by molar-refractivity contribution is -0.119. The fourth-order valence-corrected chi connectivity index (χ4v) is 4.97. The number of carbonyl (C=O) groups excluding carboxylic acids is 1. The van der Waals surface area contributed by atoms with E-state index in [1.54, 1.807) is 6.07 Å². The first-order valence-electron chi connectivity index (χ1n) is 8.04. The summed E-state index contributed by atoms with van der Waals surface area (Å²) in [7, 11) is -1.04. The smallest absolute Gasteiger partial charge is 0.387 e. The predicted octanol–water partition coefficient (Wildman–Crippen LogP) is 2.81. The minimum atomic E-state index is -3.76. The highest BCUT2D eigenvalue weighted by Gasteiger charge is 2.23. The van der Waals surface area contributed by atoms with Crippen LogP contribution in [0.25, 0.3) is 0 Å². The van der Waals surface area contributed by atoms with Crippen molar-refractivity contribution in [2.75, 3.05) is 14.2 Å². The first kappa shape index (κ1) is 22.1. The molecule has 28 heavy (non-hydrogen) atoms. The van der Waals surface area contributed by atoms with Crippen molar-refractivity contribution in [2.45, 2.75) is 30.8 Å². The number of rotatable bonds is 9. The zero-order valence-corrected chi connectivity index (χ0v) is 17.1. The third kappa shape index (κ3) is 5.63. The van der Waals surface area contributed by atoms with Crippen molar-refractivity contribution < 1.29 is 31.5 Å². The van der Waals surface area contributed by atoms with Crippen LogP contribution < -0.4 is 14.8 Å². The van der Waals surface area contributed by atoms with Gasteiger partial charge in [-0.3, -0.25) is 4.79 Å². The van der Waals surface area contributed by atoms with Gasteiger partial charge < -0.3 is 14.8 Å². The van der Waals surface area contributed by atoms with Gasteiger partial charge in [-0.2, -0.15) is 13.1 Å². The SMILES string of the molecule is COc1cc(CN(C)S(=O)(=O)c2ccc(CNC(C)=O)s2)ccc1OC(F)F. The molecule has 0 saturated carbocycles. The minimum absolute atomic E-state index is 0.00653. The quantitative estimate of drug-likeness (QED) is 0.656. The van der Waals surface area contributed by atoms with Crippen molar-refractivity contribution >= 4 is 27.3 Å². The van der Waals surface area contributed by atoms with E-state index in [4.69, 9.17) is 4.74 Å². The second-order valence-corrected chi connectivity index (χ2v) is 9.20. The Bertz CT molecular complexity index is 931. The van der Waals surface area contributed by atoms with Gasteiger partial charge in [-0.25, -0.2) is 8.42 Å². The van der Waals surface area contributed by atoms with Crippen LogP contribution >= 0.6 is 11.3 Å². The van der Waals surface area contributed by atoms with Gasteiger partial charge in [0.2, 0.25) is 5.91 Å². The van der Waals surface area contributed by atoms with E-state index in [0.717, 1.165) is 15.6 Å². The van der Waals surface area contributed by atoms with Gasteiger partial charge in [-0.1, -0.05) is 6.07 Å². The van der Waals surface area contributed by atoms with E-state index in [1.165, 1.54) is 45.3 Å². The lowest BCUT2D eigenvalue weighted by Crippen LogP contribution is -2.25. The van der Waals surface area contributed by atoms with Crippen molar-refractivity contribution in [3.63, 3.8) is 0 Å². The molecule has 7 nitrogen and oxygen atoms in total. The summed E-state index contributed by atoms with van der Waals surface area (Å²) >= 11 is 1.07. The van der Waals surface area contributed by atoms with Crippen LogP contribution in [0.2, 0.25) is 0 Å². The molecule has 2 aromatic rings. The molecule has 0 bridgehead atoms. The maximum Gasteiger partial charge on any atom is 0.387 e. The summed E-state index contributed by atoms with van der Waals surface area (Å²) in [6.07, 6.45) is 0. The second kappa shape index (κ2) is 9.30. The van der Waals surface area contributed by atoms with Gasteiger partial charge in [0.25, 0.3) is 10.0 Å². The Balaban J connectivity index is 2.14. The van der Waals surface area contributed by atoms with E-state index < -0.39 is 16.6 Å². The first-order valence-corrected chi connectivity index (χ1v) is 10.3. The summed E-state index contributed by atoms with van der Waals surface area (Å²) in [5.41, 5.74) is 0.541. The van der Waals surface area contributed by atoms with Gasteiger partial charge in [-0.05, 0) is 29.8 Å². The van der Waals surface area contributed by atoms with E-state index in [-0.39, 0.29) is 34.7 Å². The Labute approximate surface area is 165 Å². The Hall–Kier alpha value is -2.24. The van der Waals surface area contributed by atoms with E-state index in [1.807, 2.05) is 0 Å². The van der Waals surface area contributed by atoms with Gasteiger partial charge in [-0.15, -0.1) is 11.3 Å².